The number of aromatic hydroxyl groups is 1. The van der Waals surface area contributed by atoms with Gasteiger partial charge in [0.05, 0.1) is 17.8 Å². The van der Waals surface area contributed by atoms with Crippen LogP contribution in [0.15, 0.2) is 53.0 Å². The van der Waals surface area contributed by atoms with E-state index in [2.05, 4.69) is 41.5 Å². The fourth-order valence-corrected chi connectivity index (χ4v) is 4.68. The summed E-state index contributed by atoms with van der Waals surface area (Å²) < 4.78 is 0.872. The van der Waals surface area contributed by atoms with E-state index in [1.54, 1.807) is 19.1 Å². The first-order chi connectivity index (χ1) is 17.3. The van der Waals surface area contributed by atoms with Gasteiger partial charge >= 0.3 is 5.97 Å². The molecule has 1 aliphatic heterocycles. The molecule has 1 aliphatic rings. The molecule has 0 spiro atoms. The minimum atomic E-state index is -1.25. The molecule has 4 rings (SSSR count). The van der Waals surface area contributed by atoms with E-state index in [1.165, 1.54) is 35.5 Å². The number of aromatic carboxylic acids is 1. The summed E-state index contributed by atoms with van der Waals surface area (Å²) in [5.74, 6) is -1.39. The van der Waals surface area contributed by atoms with Gasteiger partial charge in [0.25, 0.3) is 5.56 Å². The van der Waals surface area contributed by atoms with Gasteiger partial charge in [-0.3, -0.25) is 9.36 Å². The highest BCUT2D eigenvalue weighted by molar-refractivity contribution is 5.92. The third-order valence-corrected chi connectivity index (χ3v) is 6.72. The Hall–Kier alpha value is -4.53. The Morgan fingerprint density at radius 2 is 1.97 bits per heavy atom. The van der Waals surface area contributed by atoms with Crippen molar-refractivity contribution in [2.24, 2.45) is 0 Å². The average molecular weight is 482 g/mol. The smallest absolute Gasteiger partial charge is 0.337 e. The third-order valence-electron chi connectivity index (χ3n) is 6.72. The van der Waals surface area contributed by atoms with E-state index in [-0.39, 0.29) is 22.5 Å². The van der Waals surface area contributed by atoms with E-state index in [4.69, 9.17) is 6.57 Å². The fourth-order valence-electron chi connectivity index (χ4n) is 4.68. The number of aromatic nitrogens is 1. The molecule has 0 radical (unpaired) electrons. The quantitative estimate of drug-likeness (QED) is 0.357. The fraction of sp³-hybridized carbons (Fsp3) is 0.241. The van der Waals surface area contributed by atoms with Crippen molar-refractivity contribution >= 4 is 29.5 Å². The number of nitrogens with zero attached hydrogens (tertiary/aromatic N) is 3. The standard InChI is InChI=1S/C29H27N3O4/c1-5-31-16-15-18(2)23-17-20(13-14-24(23)31)9-8-11-21-19(3)26(30-4)28(34)32(27(21)33)25-12-7-6-10-22(25)29(35)36/h6-7,9-14,17-18,34H,5,15-16H2,1-3H3,(H,35,36). The maximum Gasteiger partial charge on any atom is 0.337 e. The van der Waals surface area contributed by atoms with E-state index in [9.17, 15) is 19.8 Å². The Kier molecular flexibility index (Phi) is 6.82. The van der Waals surface area contributed by atoms with Crippen molar-refractivity contribution in [2.75, 3.05) is 18.0 Å². The van der Waals surface area contributed by atoms with Crippen molar-refractivity contribution in [3.05, 3.63) is 97.8 Å². The molecule has 1 unspecified atom stereocenters. The Morgan fingerprint density at radius 1 is 1.22 bits per heavy atom. The van der Waals surface area contributed by atoms with Crippen molar-refractivity contribution in [3.63, 3.8) is 0 Å². The molecule has 36 heavy (non-hydrogen) atoms. The van der Waals surface area contributed by atoms with Crippen LogP contribution < -0.4 is 10.5 Å². The minimum absolute atomic E-state index is 0.0137. The first-order valence-electron chi connectivity index (χ1n) is 11.8. The van der Waals surface area contributed by atoms with E-state index >= 15 is 0 Å². The van der Waals surface area contributed by atoms with Gasteiger partial charge in [-0.2, -0.15) is 0 Å². The van der Waals surface area contributed by atoms with Gasteiger partial charge in [-0.25, -0.2) is 9.64 Å². The summed E-state index contributed by atoms with van der Waals surface area (Å²) in [5.41, 5.74) is 6.04. The van der Waals surface area contributed by atoms with E-state index in [0.29, 0.717) is 11.5 Å². The second kappa shape index (κ2) is 9.99. The molecular weight excluding hydrogens is 454 g/mol. The first kappa shape index (κ1) is 24.6. The van der Waals surface area contributed by atoms with E-state index in [0.717, 1.165) is 29.6 Å². The lowest BCUT2D eigenvalue weighted by Gasteiger charge is -2.34. The molecule has 0 saturated heterocycles. The van der Waals surface area contributed by atoms with E-state index < -0.39 is 17.4 Å². The van der Waals surface area contributed by atoms with Crippen LogP contribution in [0.25, 0.3) is 22.7 Å². The van der Waals surface area contributed by atoms with Crippen LogP contribution in [0.4, 0.5) is 11.4 Å². The topological polar surface area (TPSA) is 87.1 Å². The minimum Gasteiger partial charge on any atom is -0.502 e. The normalized spacial score (nSPS) is 14.4. The molecule has 2 N–H and O–H groups in total. The number of anilines is 1. The number of pyridine rings is 1. The molecule has 1 atom stereocenters. The molecule has 0 aliphatic carbocycles. The van der Waals surface area contributed by atoms with Crippen molar-refractivity contribution in [1.82, 2.24) is 4.57 Å². The highest BCUT2D eigenvalue weighted by Gasteiger charge is 2.23. The number of para-hydroxylation sites is 1. The van der Waals surface area contributed by atoms with Gasteiger partial charge in [0.15, 0.2) is 0 Å². The molecule has 0 bridgehead atoms. The predicted octanol–water partition coefficient (Wildman–Crippen LogP) is 5.76. The molecule has 0 saturated carbocycles. The van der Waals surface area contributed by atoms with Crippen molar-refractivity contribution in [2.45, 2.75) is 33.1 Å². The Balaban J connectivity index is 1.84. The second-order valence-corrected chi connectivity index (χ2v) is 8.83. The number of benzene rings is 2. The predicted molar refractivity (Wildman–Crippen MR) is 141 cm³/mol. The Labute approximate surface area is 209 Å². The van der Waals surface area contributed by atoms with Crippen molar-refractivity contribution < 1.29 is 15.0 Å². The van der Waals surface area contributed by atoms with Crippen molar-refractivity contribution in [1.29, 1.82) is 0 Å². The van der Waals surface area contributed by atoms with E-state index in [1.807, 2.05) is 6.07 Å². The van der Waals surface area contributed by atoms with Gasteiger partial charge < -0.3 is 15.1 Å². The molecular formula is C29H27N3O4. The summed E-state index contributed by atoms with van der Waals surface area (Å²) in [4.78, 5) is 30.9. The summed E-state index contributed by atoms with van der Waals surface area (Å²) in [6, 6.07) is 12.1. The zero-order valence-electron chi connectivity index (χ0n) is 20.4. The third kappa shape index (κ3) is 4.31. The van der Waals surface area contributed by atoms with Crippen LogP contribution in [0.2, 0.25) is 0 Å². The molecule has 7 heteroatoms. The molecule has 7 nitrogen and oxygen atoms in total. The lowest BCUT2D eigenvalue weighted by Crippen LogP contribution is -2.30. The number of hydrogen-bond acceptors (Lipinski definition) is 4. The van der Waals surface area contributed by atoms with Crippen LogP contribution in [0.3, 0.4) is 0 Å². The number of carboxylic acid groups (broad SMARTS) is 1. The molecule has 1 aromatic heterocycles. The maximum absolute atomic E-state index is 13.4. The summed E-state index contributed by atoms with van der Waals surface area (Å²) in [7, 11) is 0. The van der Waals surface area contributed by atoms with Crippen LogP contribution in [-0.4, -0.2) is 33.8 Å². The monoisotopic (exact) mass is 481 g/mol. The highest BCUT2D eigenvalue weighted by Crippen LogP contribution is 2.36. The van der Waals surface area contributed by atoms with Gasteiger partial charge in [0.2, 0.25) is 11.6 Å². The average Bonchev–Trinajstić information content (AvgIpc) is 2.87. The number of hydrogen-bond donors (Lipinski definition) is 2. The van der Waals surface area contributed by atoms with Crippen LogP contribution in [0.5, 0.6) is 5.88 Å². The summed E-state index contributed by atoms with van der Waals surface area (Å²) in [6.07, 6.45) is 4.34. The largest absolute Gasteiger partial charge is 0.502 e. The van der Waals surface area contributed by atoms with Gasteiger partial charge in [0.1, 0.15) is 0 Å². The van der Waals surface area contributed by atoms with Gasteiger partial charge in [0, 0.05) is 24.3 Å². The Bertz CT molecular complexity index is 1520. The second-order valence-electron chi connectivity index (χ2n) is 8.83. The van der Waals surface area contributed by atoms with Gasteiger partial charge in [-0.15, -0.1) is 5.73 Å². The van der Waals surface area contributed by atoms with Crippen molar-refractivity contribution in [3.8, 4) is 11.6 Å². The van der Waals surface area contributed by atoms with Gasteiger partial charge in [-0.1, -0.05) is 25.1 Å². The Morgan fingerprint density at radius 3 is 2.67 bits per heavy atom. The van der Waals surface area contributed by atoms with Crippen LogP contribution in [0, 0.1) is 13.5 Å². The number of fused-ring (bicyclic) bond motifs is 1. The molecule has 3 aromatic rings. The number of carbonyl (C=O) groups is 1. The summed E-state index contributed by atoms with van der Waals surface area (Å²) >= 11 is 0. The van der Waals surface area contributed by atoms with Crippen LogP contribution in [0.1, 0.15) is 58.8 Å². The lowest BCUT2D eigenvalue weighted by atomic mass is 9.90. The maximum atomic E-state index is 13.4. The molecule has 182 valence electrons. The number of carboxylic acids is 1. The van der Waals surface area contributed by atoms with Crippen LogP contribution in [-0.2, 0) is 0 Å². The SMILES string of the molecule is [C-]#[N+]c1c(C)c(C=C=Cc2ccc3c(c2)C(C)CCN3CC)c(=O)n(-c2ccccc2C(=O)O)c1O. The zero-order valence-corrected chi connectivity index (χ0v) is 20.4. The molecule has 0 fully saturated rings. The zero-order chi connectivity index (χ0) is 26.0. The molecule has 0 amide bonds. The first-order valence-corrected chi connectivity index (χ1v) is 11.8. The summed E-state index contributed by atoms with van der Waals surface area (Å²) in [5, 5.41) is 20.3. The molecule has 2 aromatic carbocycles. The lowest BCUT2D eigenvalue weighted by molar-refractivity contribution is 0.0697. The van der Waals surface area contributed by atoms with Gasteiger partial charge in [-0.05, 0) is 79.3 Å². The highest BCUT2D eigenvalue weighted by atomic mass is 16.4. The molecule has 2 heterocycles. The van der Waals surface area contributed by atoms with Crippen LogP contribution >= 0.6 is 0 Å². The summed E-state index contributed by atoms with van der Waals surface area (Å²) in [6.45, 7) is 15.5. The number of rotatable bonds is 5.